The molecule has 0 aliphatic rings. The van der Waals surface area contributed by atoms with E-state index in [1.807, 2.05) is 12.1 Å². The van der Waals surface area contributed by atoms with Crippen LogP contribution in [-0.2, 0) is 0 Å². The molecule has 0 saturated carbocycles. The highest BCUT2D eigenvalue weighted by Crippen LogP contribution is 2.23. The van der Waals surface area contributed by atoms with Crippen molar-refractivity contribution in [2.24, 2.45) is 5.73 Å². The van der Waals surface area contributed by atoms with E-state index in [2.05, 4.69) is 22.1 Å². The van der Waals surface area contributed by atoms with Crippen LogP contribution in [0.2, 0.25) is 0 Å². The van der Waals surface area contributed by atoms with Gasteiger partial charge >= 0.3 is 0 Å². The third-order valence-electron chi connectivity index (χ3n) is 2.70. The van der Waals surface area contributed by atoms with Crippen molar-refractivity contribution in [2.45, 2.75) is 0 Å². The first kappa shape index (κ1) is 14.6. The quantitative estimate of drug-likeness (QED) is 0.839. The van der Waals surface area contributed by atoms with Gasteiger partial charge in [0.15, 0.2) is 0 Å². The highest BCUT2D eigenvalue weighted by Gasteiger charge is 2.13. The number of carbonyl (C=O) groups excluding carboxylic acids is 1. The van der Waals surface area contributed by atoms with E-state index >= 15 is 0 Å². The number of amides is 1. The highest BCUT2D eigenvalue weighted by atomic mass is 16.5. The second-order valence-corrected chi connectivity index (χ2v) is 4.06. The van der Waals surface area contributed by atoms with Crippen LogP contribution < -0.4 is 15.8 Å². The zero-order valence-corrected chi connectivity index (χ0v) is 11.6. The van der Waals surface area contributed by atoms with Gasteiger partial charge in [-0.05, 0) is 24.3 Å². The summed E-state index contributed by atoms with van der Waals surface area (Å²) >= 11 is 0. The van der Waals surface area contributed by atoms with Crippen molar-refractivity contribution in [1.29, 1.82) is 0 Å². The van der Waals surface area contributed by atoms with Crippen LogP contribution >= 0.6 is 0 Å². The molecular formula is C16H15N3O2. The van der Waals surface area contributed by atoms with Crippen LogP contribution in [0.5, 0.6) is 5.75 Å². The number of nitrogens with two attached hydrogens (primary N) is 1. The molecule has 5 heteroatoms. The monoisotopic (exact) mass is 281 g/mol. The molecule has 5 nitrogen and oxygen atoms in total. The minimum Gasteiger partial charge on any atom is -0.495 e. The number of rotatable bonds is 3. The first-order chi connectivity index (χ1) is 10.3. The lowest BCUT2D eigenvalue weighted by Crippen LogP contribution is -2.16. The maximum absolute atomic E-state index is 12.3. The van der Waals surface area contributed by atoms with Crippen LogP contribution in [0.15, 0.2) is 42.6 Å². The van der Waals surface area contributed by atoms with Crippen molar-refractivity contribution in [1.82, 2.24) is 4.98 Å². The molecule has 2 rings (SSSR count). The standard InChI is InChI=1S/C16H15N3O2/c1-21-14-9-3-2-8-13(14)19-16(20)15-12(6-4-10-17)7-5-11-18-15/h2-3,5,7-9,11H,10,17H2,1H3,(H,19,20). The topological polar surface area (TPSA) is 77.2 Å². The van der Waals surface area contributed by atoms with Gasteiger partial charge in [-0.1, -0.05) is 24.0 Å². The number of nitrogens with zero attached hydrogens (tertiary/aromatic N) is 1. The molecule has 0 aliphatic heterocycles. The Kier molecular flexibility index (Phi) is 4.91. The summed E-state index contributed by atoms with van der Waals surface area (Å²) < 4.78 is 5.20. The maximum atomic E-state index is 12.3. The van der Waals surface area contributed by atoms with Crippen LogP contribution in [0.25, 0.3) is 0 Å². The Morgan fingerprint density at radius 3 is 2.90 bits per heavy atom. The number of methoxy groups -OCH3 is 1. The van der Waals surface area contributed by atoms with Crippen LogP contribution in [0.1, 0.15) is 16.1 Å². The van der Waals surface area contributed by atoms with Crippen LogP contribution in [0, 0.1) is 11.8 Å². The van der Waals surface area contributed by atoms with Gasteiger partial charge in [-0.3, -0.25) is 4.79 Å². The number of anilines is 1. The molecule has 0 fully saturated rings. The van der Waals surface area contributed by atoms with E-state index in [9.17, 15) is 4.79 Å². The van der Waals surface area contributed by atoms with Gasteiger partial charge in [-0.2, -0.15) is 0 Å². The number of carbonyl (C=O) groups is 1. The lowest BCUT2D eigenvalue weighted by atomic mass is 10.2. The summed E-state index contributed by atoms with van der Waals surface area (Å²) in [7, 11) is 1.55. The molecule has 3 N–H and O–H groups in total. The molecular weight excluding hydrogens is 266 g/mol. The maximum Gasteiger partial charge on any atom is 0.275 e. The van der Waals surface area contributed by atoms with Gasteiger partial charge in [0, 0.05) is 6.20 Å². The molecule has 106 valence electrons. The Hall–Kier alpha value is -2.84. The molecule has 0 atom stereocenters. The van der Waals surface area contributed by atoms with E-state index in [0.717, 1.165) is 0 Å². The number of para-hydroxylation sites is 2. The molecule has 0 aliphatic carbocycles. The molecule has 1 aromatic heterocycles. The molecule has 0 radical (unpaired) electrons. The normalized spacial score (nSPS) is 9.43. The number of aromatic nitrogens is 1. The Balaban J connectivity index is 2.29. The fraction of sp³-hybridized carbons (Fsp3) is 0.125. The predicted octanol–water partition coefficient (Wildman–Crippen LogP) is 1.65. The SMILES string of the molecule is COc1ccccc1NC(=O)c1ncccc1C#CCN. The average molecular weight is 281 g/mol. The third kappa shape index (κ3) is 3.59. The second-order valence-electron chi connectivity index (χ2n) is 4.06. The molecule has 2 aromatic rings. The number of hydrogen-bond donors (Lipinski definition) is 2. The summed E-state index contributed by atoms with van der Waals surface area (Å²) in [5.74, 6) is 5.79. The number of ether oxygens (including phenoxy) is 1. The Morgan fingerprint density at radius 2 is 2.14 bits per heavy atom. The van der Waals surface area contributed by atoms with Crippen molar-refractivity contribution in [2.75, 3.05) is 19.0 Å². The van der Waals surface area contributed by atoms with Gasteiger partial charge in [0.25, 0.3) is 5.91 Å². The fourth-order valence-corrected chi connectivity index (χ4v) is 1.76. The minimum atomic E-state index is -0.346. The van der Waals surface area contributed by atoms with E-state index in [4.69, 9.17) is 10.5 Å². The highest BCUT2D eigenvalue weighted by molar-refractivity contribution is 6.05. The van der Waals surface area contributed by atoms with Crippen molar-refractivity contribution >= 4 is 11.6 Å². The van der Waals surface area contributed by atoms with Gasteiger partial charge in [-0.15, -0.1) is 0 Å². The van der Waals surface area contributed by atoms with Gasteiger partial charge in [0.05, 0.1) is 24.9 Å². The average Bonchev–Trinajstić information content (AvgIpc) is 2.53. The van der Waals surface area contributed by atoms with Crippen molar-refractivity contribution in [3.05, 3.63) is 53.9 Å². The van der Waals surface area contributed by atoms with E-state index in [0.29, 0.717) is 17.0 Å². The number of nitrogens with one attached hydrogen (secondary N) is 1. The van der Waals surface area contributed by atoms with Crippen molar-refractivity contribution in [3.8, 4) is 17.6 Å². The van der Waals surface area contributed by atoms with E-state index < -0.39 is 0 Å². The van der Waals surface area contributed by atoms with Gasteiger partial charge in [-0.25, -0.2) is 4.98 Å². The Morgan fingerprint density at radius 1 is 1.33 bits per heavy atom. The first-order valence-corrected chi connectivity index (χ1v) is 6.34. The van der Waals surface area contributed by atoms with E-state index in [1.54, 1.807) is 37.6 Å². The summed E-state index contributed by atoms with van der Waals surface area (Å²) in [5.41, 5.74) is 6.72. The number of benzene rings is 1. The molecule has 0 unspecified atom stereocenters. The summed E-state index contributed by atoms with van der Waals surface area (Å²) in [5, 5.41) is 2.77. The lowest BCUT2D eigenvalue weighted by Gasteiger charge is -2.10. The molecule has 1 aromatic carbocycles. The molecule has 1 heterocycles. The minimum absolute atomic E-state index is 0.225. The van der Waals surface area contributed by atoms with Crippen LogP contribution in [0.3, 0.4) is 0 Å². The predicted molar refractivity (Wildman–Crippen MR) is 81.1 cm³/mol. The molecule has 1 amide bonds. The number of hydrogen-bond acceptors (Lipinski definition) is 4. The smallest absolute Gasteiger partial charge is 0.275 e. The summed E-state index contributed by atoms with van der Waals surface area (Å²) in [6.45, 7) is 0.225. The molecule has 0 saturated heterocycles. The van der Waals surface area contributed by atoms with Crippen molar-refractivity contribution < 1.29 is 9.53 Å². The summed E-state index contributed by atoms with van der Waals surface area (Å²) in [6, 6.07) is 10.6. The van der Waals surface area contributed by atoms with Gasteiger partial charge < -0.3 is 15.8 Å². The van der Waals surface area contributed by atoms with Crippen LogP contribution in [0.4, 0.5) is 5.69 Å². The summed E-state index contributed by atoms with van der Waals surface area (Å²) in [4.78, 5) is 16.4. The van der Waals surface area contributed by atoms with Gasteiger partial charge in [0.1, 0.15) is 11.4 Å². The first-order valence-electron chi connectivity index (χ1n) is 6.34. The summed E-state index contributed by atoms with van der Waals surface area (Å²) in [6.07, 6.45) is 1.55. The van der Waals surface area contributed by atoms with Gasteiger partial charge in [0.2, 0.25) is 0 Å². The van der Waals surface area contributed by atoms with E-state index in [1.165, 1.54) is 0 Å². The fourth-order valence-electron chi connectivity index (χ4n) is 1.76. The third-order valence-corrected chi connectivity index (χ3v) is 2.70. The zero-order chi connectivity index (χ0) is 15.1. The van der Waals surface area contributed by atoms with E-state index in [-0.39, 0.29) is 18.1 Å². The second kappa shape index (κ2) is 7.08. The zero-order valence-electron chi connectivity index (χ0n) is 11.6. The molecule has 0 spiro atoms. The Bertz CT molecular complexity index is 702. The number of pyridine rings is 1. The largest absolute Gasteiger partial charge is 0.495 e. The molecule has 21 heavy (non-hydrogen) atoms. The molecule has 0 bridgehead atoms. The van der Waals surface area contributed by atoms with Crippen LogP contribution in [-0.4, -0.2) is 24.5 Å². The Labute approximate surface area is 123 Å². The van der Waals surface area contributed by atoms with Crippen molar-refractivity contribution in [3.63, 3.8) is 0 Å². The lowest BCUT2D eigenvalue weighted by molar-refractivity contribution is 0.102.